The summed E-state index contributed by atoms with van der Waals surface area (Å²) in [5, 5.41) is 2.97. The van der Waals surface area contributed by atoms with Crippen LogP contribution in [0.5, 0.6) is 11.5 Å². The zero-order chi connectivity index (χ0) is 17.2. The highest BCUT2D eigenvalue weighted by atomic mass is 16.5. The Morgan fingerprint density at radius 2 is 1.62 bits per heavy atom. The van der Waals surface area contributed by atoms with E-state index < -0.39 is 0 Å². The molecule has 2 rings (SSSR count). The van der Waals surface area contributed by atoms with Crippen LogP contribution in [0.15, 0.2) is 54.6 Å². The maximum Gasteiger partial charge on any atom is 0.258 e. The van der Waals surface area contributed by atoms with Gasteiger partial charge in [-0.05, 0) is 44.4 Å². The first-order valence-electron chi connectivity index (χ1n) is 8.37. The van der Waals surface area contributed by atoms with Crippen LogP contribution >= 0.6 is 0 Å². The molecule has 1 unspecified atom stereocenters. The highest BCUT2D eigenvalue weighted by Crippen LogP contribution is 2.26. The number of hydrogen-bond acceptors (Lipinski definition) is 3. The van der Waals surface area contributed by atoms with Crippen molar-refractivity contribution >= 4 is 5.91 Å². The Bertz CT molecular complexity index is 628. The minimum atomic E-state index is -0.123. The van der Waals surface area contributed by atoms with Gasteiger partial charge in [-0.2, -0.15) is 0 Å². The second-order valence-electron chi connectivity index (χ2n) is 5.66. The fourth-order valence-electron chi connectivity index (χ4n) is 2.40. The molecular formula is C20H25NO3. The predicted octanol–water partition coefficient (Wildman–Crippen LogP) is 3.60. The van der Waals surface area contributed by atoms with Crippen LogP contribution in [0.4, 0.5) is 0 Å². The monoisotopic (exact) mass is 327 g/mol. The van der Waals surface area contributed by atoms with E-state index in [9.17, 15) is 4.79 Å². The van der Waals surface area contributed by atoms with E-state index in [1.54, 1.807) is 6.07 Å². The molecule has 0 bridgehead atoms. The molecule has 0 radical (unpaired) electrons. The summed E-state index contributed by atoms with van der Waals surface area (Å²) in [6.07, 6.45) is 1.83. The molecule has 2 aromatic rings. The first-order valence-corrected chi connectivity index (χ1v) is 8.37. The zero-order valence-corrected chi connectivity index (χ0v) is 14.3. The number of ether oxygens (including phenoxy) is 2. The Morgan fingerprint density at radius 1 is 1.00 bits per heavy atom. The van der Waals surface area contributed by atoms with Gasteiger partial charge in [-0.15, -0.1) is 0 Å². The largest absolute Gasteiger partial charge is 0.490 e. The standard InChI is InChI=1S/C20H25NO3/c1-3-23-18-11-7-8-12-19(18)24-15-20(22)21-16(2)13-14-17-9-5-4-6-10-17/h4-12,16H,3,13-15H2,1-2H3,(H,21,22). The number of carbonyl (C=O) groups excluding carboxylic acids is 1. The molecule has 0 aliphatic rings. The molecule has 1 atom stereocenters. The van der Waals surface area contributed by atoms with Crippen molar-refractivity contribution in [3.05, 3.63) is 60.2 Å². The normalized spacial score (nSPS) is 11.6. The molecule has 0 spiro atoms. The highest BCUT2D eigenvalue weighted by molar-refractivity contribution is 5.77. The molecular weight excluding hydrogens is 302 g/mol. The smallest absolute Gasteiger partial charge is 0.258 e. The number of amides is 1. The number of carbonyl (C=O) groups is 1. The van der Waals surface area contributed by atoms with Crippen molar-refractivity contribution in [2.75, 3.05) is 13.2 Å². The van der Waals surface area contributed by atoms with Crippen LogP contribution < -0.4 is 14.8 Å². The Morgan fingerprint density at radius 3 is 2.29 bits per heavy atom. The highest BCUT2D eigenvalue weighted by Gasteiger charge is 2.10. The molecule has 0 aliphatic heterocycles. The van der Waals surface area contributed by atoms with Gasteiger partial charge in [0.05, 0.1) is 6.61 Å². The number of hydrogen-bond donors (Lipinski definition) is 1. The van der Waals surface area contributed by atoms with Gasteiger partial charge in [-0.25, -0.2) is 0 Å². The molecule has 0 aromatic heterocycles. The predicted molar refractivity (Wildman–Crippen MR) is 95.5 cm³/mol. The first-order chi connectivity index (χ1) is 11.7. The molecule has 0 heterocycles. The third kappa shape index (κ3) is 5.95. The quantitative estimate of drug-likeness (QED) is 0.765. The first kappa shape index (κ1) is 17.9. The van der Waals surface area contributed by atoms with Gasteiger partial charge in [0.1, 0.15) is 0 Å². The number of rotatable bonds is 9. The zero-order valence-electron chi connectivity index (χ0n) is 14.3. The van der Waals surface area contributed by atoms with Crippen molar-refractivity contribution in [1.29, 1.82) is 0 Å². The van der Waals surface area contributed by atoms with E-state index in [0.29, 0.717) is 18.1 Å². The molecule has 0 aliphatic carbocycles. The number of aryl methyl sites for hydroxylation is 1. The molecule has 128 valence electrons. The van der Waals surface area contributed by atoms with Crippen LogP contribution in [0.25, 0.3) is 0 Å². The molecule has 0 saturated carbocycles. The van der Waals surface area contributed by atoms with Crippen LogP contribution in [0.1, 0.15) is 25.8 Å². The fourth-order valence-corrected chi connectivity index (χ4v) is 2.40. The lowest BCUT2D eigenvalue weighted by molar-refractivity contribution is -0.123. The molecule has 24 heavy (non-hydrogen) atoms. The van der Waals surface area contributed by atoms with E-state index in [1.165, 1.54) is 5.56 Å². The van der Waals surface area contributed by atoms with E-state index in [1.807, 2.05) is 50.2 Å². The topological polar surface area (TPSA) is 47.6 Å². The van der Waals surface area contributed by atoms with Gasteiger partial charge in [0.25, 0.3) is 5.91 Å². The SMILES string of the molecule is CCOc1ccccc1OCC(=O)NC(C)CCc1ccccc1. The van der Waals surface area contributed by atoms with Gasteiger partial charge >= 0.3 is 0 Å². The van der Waals surface area contributed by atoms with Crippen molar-refractivity contribution in [2.45, 2.75) is 32.7 Å². The number of para-hydroxylation sites is 2. The second-order valence-corrected chi connectivity index (χ2v) is 5.66. The molecule has 4 heteroatoms. The molecule has 4 nitrogen and oxygen atoms in total. The maximum atomic E-state index is 12.0. The molecule has 1 N–H and O–H groups in total. The van der Waals surface area contributed by atoms with Crippen LogP contribution in [0, 0.1) is 0 Å². The Balaban J connectivity index is 1.74. The molecule has 0 saturated heterocycles. The minimum Gasteiger partial charge on any atom is -0.490 e. The summed E-state index contributed by atoms with van der Waals surface area (Å²) in [5.74, 6) is 1.12. The van der Waals surface area contributed by atoms with Crippen molar-refractivity contribution in [3.8, 4) is 11.5 Å². The lowest BCUT2D eigenvalue weighted by Crippen LogP contribution is -2.36. The lowest BCUT2D eigenvalue weighted by Gasteiger charge is -2.15. The number of benzene rings is 2. The molecule has 1 amide bonds. The van der Waals surface area contributed by atoms with Crippen LogP contribution in [0.2, 0.25) is 0 Å². The van der Waals surface area contributed by atoms with Gasteiger partial charge in [-0.1, -0.05) is 42.5 Å². The summed E-state index contributed by atoms with van der Waals surface area (Å²) in [6, 6.07) is 17.7. The average molecular weight is 327 g/mol. The lowest BCUT2D eigenvalue weighted by atomic mass is 10.1. The van der Waals surface area contributed by atoms with Crippen molar-refractivity contribution in [1.82, 2.24) is 5.32 Å². The van der Waals surface area contributed by atoms with Crippen LogP contribution in [-0.4, -0.2) is 25.2 Å². The van der Waals surface area contributed by atoms with Crippen LogP contribution in [-0.2, 0) is 11.2 Å². The van der Waals surface area contributed by atoms with Gasteiger partial charge < -0.3 is 14.8 Å². The third-order valence-electron chi connectivity index (χ3n) is 3.62. The average Bonchev–Trinajstić information content (AvgIpc) is 2.60. The van der Waals surface area contributed by atoms with E-state index in [4.69, 9.17) is 9.47 Å². The van der Waals surface area contributed by atoms with E-state index in [2.05, 4.69) is 17.4 Å². The van der Waals surface area contributed by atoms with Crippen molar-refractivity contribution in [2.24, 2.45) is 0 Å². The van der Waals surface area contributed by atoms with Gasteiger partial charge in [0.15, 0.2) is 18.1 Å². The van der Waals surface area contributed by atoms with Crippen molar-refractivity contribution in [3.63, 3.8) is 0 Å². The summed E-state index contributed by atoms with van der Waals surface area (Å²) in [5.41, 5.74) is 1.28. The van der Waals surface area contributed by atoms with Crippen LogP contribution in [0.3, 0.4) is 0 Å². The Labute approximate surface area is 143 Å². The van der Waals surface area contributed by atoms with Gasteiger partial charge in [0.2, 0.25) is 0 Å². The summed E-state index contributed by atoms with van der Waals surface area (Å²) in [7, 11) is 0. The summed E-state index contributed by atoms with van der Waals surface area (Å²) < 4.78 is 11.1. The third-order valence-corrected chi connectivity index (χ3v) is 3.62. The number of nitrogens with one attached hydrogen (secondary N) is 1. The summed E-state index contributed by atoms with van der Waals surface area (Å²) >= 11 is 0. The Hall–Kier alpha value is -2.49. The fraction of sp³-hybridized carbons (Fsp3) is 0.350. The minimum absolute atomic E-state index is 0.0141. The Kier molecular flexibility index (Phi) is 7.15. The summed E-state index contributed by atoms with van der Waals surface area (Å²) in [4.78, 5) is 12.0. The van der Waals surface area contributed by atoms with E-state index in [0.717, 1.165) is 12.8 Å². The maximum absolute atomic E-state index is 12.0. The summed E-state index contributed by atoms with van der Waals surface area (Å²) in [6.45, 7) is 4.47. The van der Waals surface area contributed by atoms with Gasteiger partial charge in [0, 0.05) is 6.04 Å². The second kappa shape index (κ2) is 9.60. The van der Waals surface area contributed by atoms with E-state index in [-0.39, 0.29) is 18.6 Å². The van der Waals surface area contributed by atoms with Gasteiger partial charge in [-0.3, -0.25) is 4.79 Å². The van der Waals surface area contributed by atoms with Crippen molar-refractivity contribution < 1.29 is 14.3 Å². The molecule has 0 fully saturated rings. The van der Waals surface area contributed by atoms with E-state index >= 15 is 0 Å². The molecule has 2 aromatic carbocycles.